The smallest absolute Gasteiger partial charge is 0.226 e. The molecule has 0 fully saturated rings. The zero-order valence-electron chi connectivity index (χ0n) is 16.1. The van der Waals surface area contributed by atoms with Crippen molar-refractivity contribution in [3.05, 3.63) is 47.1 Å². The Morgan fingerprint density at radius 1 is 1.19 bits per heavy atom. The van der Waals surface area contributed by atoms with Gasteiger partial charge in [0.15, 0.2) is 11.8 Å². The Balaban J connectivity index is 0.00000338. The lowest BCUT2D eigenvalue weighted by Crippen LogP contribution is -2.38. The minimum atomic E-state index is 0. The standard InChI is InChI=1S/C19H29N5O.HI/c1-5-20-19(21-12-6-7-18-23-16(4)24-25-18)22-13-15(3)17-10-8-14(2)9-11-17;/h8-11,15H,5-7,12-13H2,1-4H3,(H2,20,21,22);1H. The third-order valence-electron chi connectivity index (χ3n) is 3.94. The second kappa shape index (κ2) is 11.9. The number of halogens is 1. The van der Waals surface area contributed by atoms with Crippen molar-refractivity contribution in [3.8, 4) is 0 Å². The molecular weight excluding hydrogens is 441 g/mol. The maximum Gasteiger partial charge on any atom is 0.226 e. The van der Waals surface area contributed by atoms with Gasteiger partial charge in [-0.3, -0.25) is 4.99 Å². The van der Waals surface area contributed by atoms with Crippen LogP contribution in [0.5, 0.6) is 0 Å². The van der Waals surface area contributed by atoms with E-state index < -0.39 is 0 Å². The Bertz CT molecular complexity index is 669. The number of aromatic nitrogens is 2. The highest BCUT2D eigenvalue weighted by molar-refractivity contribution is 14.0. The largest absolute Gasteiger partial charge is 0.357 e. The van der Waals surface area contributed by atoms with E-state index in [9.17, 15) is 0 Å². The van der Waals surface area contributed by atoms with Gasteiger partial charge in [0.25, 0.3) is 0 Å². The molecule has 0 radical (unpaired) electrons. The number of nitrogens with one attached hydrogen (secondary N) is 2. The van der Waals surface area contributed by atoms with Crippen molar-refractivity contribution in [2.75, 3.05) is 19.6 Å². The lowest BCUT2D eigenvalue weighted by Gasteiger charge is -2.13. The molecule has 2 N–H and O–H groups in total. The predicted octanol–water partition coefficient (Wildman–Crippen LogP) is 3.60. The van der Waals surface area contributed by atoms with Crippen LogP contribution in [0.1, 0.15) is 49.0 Å². The molecule has 1 unspecified atom stereocenters. The summed E-state index contributed by atoms with van der Waals surface area (Å²) in [5, 5.41) is 10.5. The lowest BCUT2D eigenvalue weighted by molar-refractivity contribution is 0.372. The quantitative estimate of drug-likeness (QED) is 0.266. The fraction of sp³-hybridized carbons (Fsp3) is 0.526. The molecule has 0 bridgehead atoms. The molecule has 0 spiro atoms. The van der Waals surface area contributed by atoms with Crippen LogP contribution in [0.15, 0.2) is 33.8 Å². The van der Waals surface area contributed by atoms with Crippen LogP contribution < -0.4 is 10.6 Å². The Hall–Kier alpha value is -1.64. The summed E-state index contributed by atoms with van der Waals surface area (Å²) < 4.78 is 5.12. The molecule has 0 aliphatic heterocycles. The molecule has 2 rings (SSSR count). The summed E-state index contributed by atoms with van der Waals surface area (Å²) in [6.07, 6.45) is 1.69. The summed E-state index contributed by atoms with van der Waals surface area (Å²) in [6, 6.07) is 8.67. The van der Waals surface area contributed by atoms with E-state index in [-0.39, 0.29) is 24.0 Å². The third kappa shape index (κ3) is 7.72. The van der Waals surface area contributed by atoms with Gasteiger partial charge in [0.1, 0.15) is 0 Å². The molecule has 1 aromatic carbocycles. The highest BCUT2D eigenvalue weighted by atomic mass is 127. The molecule has 26 heavy (non-hydrogen) atoms. The van der Waals surface area contributed by atoms with Crippen LogP contribution in [-0.2, 0) is 6.42 Å². The van der Waals surface area contributed by atoms with Crippen molar-refractivity contribution >= 4 is 29.9 Å². The number of hydrogen-bond acceptors (Lipinski definition) is 4. The van der Waals surface area contributed by atoms with Gasteiger partial charge in [0.2, 0.25) is 5.89 Å². The molecule has 6 nitrogen and oxygen atoms in total. The van der Waals surface area contributed by atoms with E-state index in [2.05, 4.69) is 65.8 Å². The summed E-state index contributed by atoms with van der Waals surface area (Å²) >= 11 is 0. The molecule has 0 aliphatic carbocycles. The third-order valence-corrected chi connectivity index (χ3v) is 3.94. The van der Waals surface area contributed by atoms with Crippen LogP contribution >= 0.6 is 24.0 Å². The monoisotopic (exact) mass is 471 g/mol. The van der Waals surface area contributed by atoms with Crippen molar-refractivity contribution in [1.82, 2.24) is 20.8 Å². The average molecular weight is 471 g/mol. The number of aryl methyl sites for hydroxylation is 3. The maximum atomic E-state index is 5.12. The summed E-state index contributed by atoms with van der Waals surface area (Å²) in [4.78, 5) is 8.92. The van der Waals surface area contributed by atoms with E-state index in [1.807, 2.05) is 6.92 Å². The Kier molecular flexibility index (Phi) is 10.2. The topological polar surface area (TPSA) is 75.3 Å². The van der Waals surface area contributed by atoms with E-state index in [0.717, 1.165) is 38.4 Å². The first-order valence-corrected chi connectivity index (χ1v) is 8.96. The zero-order valence-corrected chi connectivity index (χ0v) is 18.4. The van der Waals surface area contributed by atoms with Crippen molar-refractivity contribution < 1.29 is 4.52 Å². The summed E-state index contributed by atoms with van der Waals surface area (Å²) in [7, 11) is 0. The van der Waals surface area contributed by atoms with Gasteiger partial charge in [-0.15, -0.1) is 24.0 Å². The first-order chi connectivity index (χ1) is 12.1. The minimum Gasteiger partial charge on any atom is -0.357 e. The Morgan fingerprint density at radius 2 is 1.92 bits per heavy atom. The van der Waals surface area contributed by atoms with E-state index in [4.69, 9.17) is 9.52 Å². The van der Waals surface area contributed by atoms with Crippen LogP contribution in [0.2, 0.25) is 0 Å². The van der Waals surface area contributed by atoms with Crippen LogP contribution in [0.25, 0.3) is 0 Å². The molecule has 1 aromatic heterocycles. The molecule has 0 saturated carbocycles. The second-order valence-corrected chi connectivity index (χ2v) is 6.30. The minimum absolute atomic E-state index is 0. The number of benzene rings is 1. The Labute approximate surface area is 173 Å². The fourth-order valence-corrected chi connectivity index (χ4v) is 2.46. The molecule has 0 saturated heterocycles. The van der Waals surface area contributed by atoms with Gasteiger partial charge in [0.05, 0.1) is 0 Å². The summed E-state index contributed by atoms with van der Waals surface area (Å²) in [6.45, 7) is 10.6. The van der Waals surface area contributed by atoms with E-state index in [1.165, 1.54) is 11.1 Å². The molecule has 7 heteroatoms. The lowest BCUT2D eigenvalue weighted by atomic mass is 10.0. The SMILES string of the molecule is CCNC(=NCC(C)c1ccc(C)cc1)NCCCc1nc(C)no1.I. The summed E-state index contributed by atoms with van der Waals surface area (Å²) in [5.74, 6) is 2.61. The normalized spacial score (nSPS) is 12.4. The molecule has 1 atom stereocenters. The van der Waals surface area contributed by atoms with E-state index in [1.54, 1.807) is 0 Å². The van der Waals surface area contributed by atoms with Crippen molar-refractivity contribution in [1.29, 1.82) is 0 Å². The molecule has 0 amide bonds. The van der Waals surface area contributed by atoms with Gasteiger partial charge in [-0.1, -0.05) is 41.9 Å². The van der Waals surface area contributed by atoms with Gasteiger partial charge in [0, 0.05) is 32.0 Å². The van der Waals surface area contributed by atoms with Gasteiger partial charge in [-0.25, -0.2) is 0 Å². The average Bonchev–Trinajstić information content (AvgIpc) is 3.02. The number of rotatable bonds is 8. The zero-order chi connectivity index (χ0) is 18.1. The highest BCUT2D eigenvalue weighted by Crippen LogP contribution is 2.15. The van der Waals surface area contributed by atoms with Crippen molar-refractivity contribution in [3.63, 3.8) is 0 Å². The number of aliphatic imine (C=N–C) groups is 1. The first kappa shape index (κ1) is 22.4. The Morgan fingerprint density at radius 3 is 2.54 bits per heavy atom. The fourth-order valence-electron chi connectivity index (χ4n) is 2.46. The number of nitrogens with zero attached hydrogens (tertiary/aromatic N) is 3. The van der Waals surface area contributed by atoms with Gasteiger partial charge in [-0.2, -0.15) is 4.98 Å². The van der Waals surface area contributed by atoms with Gasteiger partial charge in [-0.05, 0) is 32.8 Å². The molecule has 1 heterocycles. The number of guanidine groups is 1. The van der Waals surface area contributed by atoms with E-state index in [0.29, 0.717) is 17.6 Å². The molecule has 2 aromatic rings. The predicted molar refractivity (Wildman–Crippen MR) is 116 cm³/mol. The molecular formula is C19H30IN5O. The first-order valence-electron chi connectivity index (χ1n) is 8.96. The highest BCUT2D eigenvalue weighted by Gasteiger charge is 2.06. The van der Waals surface area contributed by atoms with Gasteiger partial charge < -0.3 is 15.2 Å². The van der Waals surface area contributed by atoms with Crippen LogP contribution in [0.3, 0.4) is 0 Å². The maximum absolute atomic E-state index is 5.12. The van der Waals surface area contributed by atoms with Crippen LogP contribution in [0, 0.1) is 13.8 Å². The van der Waals surface area contributed by atoms with E-state index >= 15 is 0 Å². The van der Waals surface area contributed by atoms with Crippen molar-refractivity contribution in [2.24, 2.45) is 4.99 Å². The molecule has 0 aliphatic rings. The van der Waals surface area contributed by atoms with Crippen LogP contribution in [-0.4, -0.2) is 35.7 Å². The van der Waals surface area contributed by atoms with Gasteiger partial charge >= 0.3 is 0 Å². The molecule has 144 valence electrons. The number of hydrogen-bond donors (Lipinski definition) is 2. The van der Waals surface area contributed by atoms with Crippen molar-refractivity contribution in [2.45, 2.75) is 46.5 Å². The second-order valence-electron chi connectivity index (χ2n) is 6.30. The summed E-state index contributed by atoms with van der Waals surface area (Å²) in [5.41, 5.74) is 2.60. The van der Waals surface area contributed by atoms with Crippen LogP contribution in [0.4, 0.5) is 0 Å².